The van der Waals surface area contributed by atoms with Crippen LogP contribution in [0.25, 0.3) is 10.9 Å². The summed E-state index contributed by atoms with van der Waals surface area (Å²) in [4.78, 5) is 26.1. The van der Waals surface area contributed by atoms with Crippen molar-refractivity contribution in [2.45, 2.75) is 38.3 Å². The van der Waals surface area contributed by atoms with Crippen molar-refractivity contribution in [3.63, 3.8) is 0 Å². The molecule has 1 saturated heterocycles. The number of pyridine rings is 1. The van der Waals surface area contributed by atoms with Gasteiger partial charge in [0, 0.05) is 31.4 Å². The van der Waals surface area contributed by atoms with E-state index < -0.39 is 17.2 Å². The molecule has 1 aromatic heterocycles. The van der Waals surface area contributed by atoms with Crippen molar-refractivity contribution in [2.75, 3.05) is 25.0 Å². The number of halogens is 2. The second-order valence-electron chi connectivity index (χ2n) is 7.80. The summed E-state index contributed by atoms with van der Waals surface area (Å²) in [7, 11) is 1.91. The first-order valence-electron chi connectivity index (χ1n) is 9.55. The van der Waals surface area contributed by atoms with Crippen molar-refractivity contribution in [1.82, 2.24) is 9.88 Å². The van der Waals surface area contributed by atoms with E-state index in [2.05, 4.69) is 12.2 Å². The smallest absolute Gasteiger partial charge is 0.341 e. The van der Waals surface area contributed by atoms with Crippen LogP contribution in [0.2, 0.25) is 5.02 Å². The molecule has 0 spiro atoms. The molecule has 28 heavy (non-hydrogen) atoms. The molecule has 0 radical (unpaired) electrons. The van der Waals surface area contributed by atoms with Gasteiger partial charge in [-0.15, -0.1) is 0 Å². The number of fused-ring (bicyclic) bond motifs is 1. The number of aromatic carboxylic acids is 1. The van der Waals surface area contributed by atoms with E-state index in [-0.39, 0.29) is 22.0 Å². The average molecular weight is 408 g/mol. The fourth-order valence-electron chi connectivity index (χ4n) is 4.15. The van der Waals surface area contributed by atoms with Crippen LogP contribution in [0.1, 0.15) is 42.6 Å². The molecule has 4 rings (SSSR count). The third kappa shape index (κ3) is 3.06. The van der Waals surface area contributed by atoms with Gasteiger partial charge < -0.3 is 19.9 Å². The SMILES string of the molecule is CN[C@@H](C)[C@@H]1CCN(c2c(F)cc3c(=O)c(C(=O)O)cn(C4CC4)c3c2Cl)C1. The van der Waals surface area contributed by atoms with Crippen LogP contribution in [0.3, 0.4) is 0 Å². The number of carboxylic acids is 1. The minimum Gasteiger partial charge on any atom is -0.477 e. The van der Waals surface area contributed by atoms with Crippen LogP contribution in [-0.2, 0) is 0 Å². The molecule has 2 aromatic rings. The predicted octanol–water partition coefficient (Wildman–Crippen LogP) is 3.26. The monoisotopic (exact) mass is 407 g/mol. The molecule has 0 unspecified atom stereocenters. The van der Waals surface area contributed by atoms with Gasteiger partial charge in [-0.25, -0.2) is 9.18 Å². The Hall–Kier alpha value is -2.12. The van der Waals surface area contributed by atoms with Crippen LogP contribution in [0.5, 0.6) is 0 Å². The summed E-state index contributed by atoms with van der Waals surface area (Å²) in [5.74, 6) is -1.53. The molecule has 2 atom stereocenters. The maximum atomic E-state index is 15.1. The Morgan fingerprint density at radius 1 is 1.39 bits per heavy atom. The van der Waals surface area contributed by atoms with E-state index in [0.717, 1.165) is 25.3 Å². The number of hydrogen-bond donors (Lipinski definition) is 2. The van der Waals surface area contributed by atoms with E-state index in [1.807, 2.05) is 11.9 Å². The van der Waals surface area contributed by atoms with Crippen molar-refractivity contribution in [1.29, 1.82) is 0 Å². The lowest BCUT2D eigenvalue weighted by atomic mass is 10.0. The Kier molecular flexibility index (Phi) is 4.83. The number of hydrogen-bond acceptors (Lipinski definition) is 4. The maximum Gasteiger partial charge on any atom is 0.341 e. The predicted molar refractivity (Wildman–Crippen MR) is 107 cm³/mol. The molecule has 2 fully saturated rings. The van der Waals surface area contributed by atoms with E-state index in [0.29, 0.717) is 36.3 Å². The van der Waals surface area contributed by atoms with Crippen LogP contribution in [0.4, 0.5) is 10.1 Å². The minimum absolute atomic E-state index is 0.0254. The van der Waals surface area contributed by atoms with Crippen LogP contribution >= 0.6 is 11.6 Å². The molecular formula is C20H23ClFN3O3. The molecule has 2 aliphatic rings. The van der Waals surface area contributed by atoms with Crippen LogP contribution < -0.4 is 15.6 Å². The maximum absolute atomic E-state index is 15.1. The highest BCUT2D eigenvalue weighted by Gasteiger charge is 2.33. The van der Waals surface area contributed by atoms with Gasteiger partial charge in [0.1, 0.15) is 11.4 Å². The molecule has 0 bridgehead atoms. The molecule has 2 heterocycles. The minimum atomic E-state index is -1.31. The molecule has 8 heteroatoms. The fraction of sp³-hybridized carbons (Fsp3) is 0.500. The van der Waals surface area contributed by atoms with E-state index in [1.165, 1.54) is 6.20 Å². The first-order valence-corrected chi connectivity index (χ1v) is 9.93. The van der Waals surface area contributed by atoms with E-state index >= 15 is 4.39 Å². The van der Waals surface area contributed by atoms with Crippen LogP contribution in [0.15, 0.2) is 17.1 Å². The molecule has 1 saturated carbocycles. The number of carboxylic acid groups (broad SMARTS) is 1. The van der Waals surface area contributed by atoms with Crippen molar-refractivity contribution in [2.24, 2.45) is 5.92 Å². The normalized spacial score (nSPS) is 20.7. The van der Waals surface area contributed by atoms with E-state index in [4.69, 9.17) is 11.6 Å². The number of anilines is 1. The molecule has 2 N–H and O–H groups in total. The summed E-state index contributed by atoms with van der Waals surface area (Å²) in [6.45, 7) is 3.45. The Morgan fingerprint density at radius 2 is 2.11 bits per heavy atom. The lowest BCUT2D eigenvalue weighted by molar-refractivity contribution is 0.0695. The highest BCUT2D eigenvalue weighted by atomic mass is 35.5. The number of nitrogens with one attached hydrogen (secondary N) is 1. The Bertz CT molecular complexity index is 1020. The van der Waals surface area contributed by atoms with Crippen molar-refractivity contribution in [3.8, 4) is 0 Å². The van der Waals surface area contributed by atoms with Gasteiger partial charge in [0.2, 0.25) is 5.43 Å². The molecule has 1 aliphatic carbocycles. The number of nitrogens with zero attached hydrogens (tertiary/aromatic N) is 2. The van der Waals surface area contributed by atoms with Gasteiger partial charge >= 0.3 is 5.97 Å². The molecule has 1 aromatic carbocycles. The highest BCUT2D eigenvalue weighted by molar-refractivity contribution is 6.38. The zero-order valence-corrected chi connectivity index (χ0v) is 16.6. The molecule has 1 aliphatic heterocycles. The fourth-order valence-corrected chi connectivity index (χ4v) is 4.56. The van der Waals surface area contributed by atoms with Crippen molar-refractivity contribution >= 4 is 34.2 Å². The third-order valence-corrected chi connectivity index (χ3v) is 6.42. The molecular weight excluding hydrogens is 385 g/mol. The number of aromatic nitrogens is 1. The first kappa shape index (κ1) is 19.2. The van der Waals surface area contributed by atoms with E-state index in [1.54, 1.807) is 4.57 Å². The van der Waals surface area contributed by atoms with E-state index in [9.17, 15) is 14.7 Å². The average Bonchev–Trinajstić information content (AvgIpc) is 3.39. The lowest BCUT2D eigenvalue weighted by Crippen LogP contribution is -2.33. The van der Waals surface area contributed by atoms with Gasteiger partial charge in [-0.3, -0.25) is 4.79 Å². The summed E-state index contributed by atoms with van der Waals surface area (Å²) in [5.41, 5.74) is -0.320. The summed E-state index contributed by atoms with van der Waals surface area (Å²) in [5, 5.41) is 12.8. The van der Waals surface area contributed by atoms with Crippen LogP contribution in [0, 0.1) is 11.7 Å². The topological polar surface area (TPSA) is 74.6 Å². The van der Waals surface area contributed by atoms with Crippen molar-refractivity contribution in [3.05, 3.63) is 38.9 Å². The summed E-state index contributed by atoms with van der Waals surface area (Å²) >= 11 is 6.66. The quantitative estimate of drug-likeness (QED) is 0.795. The highest BCUT2D eigenvalue weighted by Crippen LogP contribution is 2.43. The second-order valence-corrected chi connectivity index (χ2v) is 8.18. The third-order valence-electron chi connectivity index (χ3n) is 6.06. The van der Waals surface area contributed by atoms with Gasteiger partial charge in [0.15, 0.2) is 0 Å². The number of benzene rings is 1. The standard InChI is InChI=1S/C20H23ClFN3O3/c1-10(23-2)11-5-6-24(8-11)18-15(22)7-13-17(16(18)21)25(12-3-4-12)9-14(19(13)26)20(27)28/h7,9-12,23H,3-6,8H2,1-2H3,(H,27,28)/t10-,11+/m0/s1. The summed E-state index contributed by atoms with van der Waals surface area (Å²) in [6, 6.07) is 1.54. The summed E-state index contributed by atoms with van der Waals surface area (Å²) < 4.78 is 16.8. The van der Waals surface area contributed by atoms with Gasteiger partial charge in [0.05, 0.1) is 21.6 Å². The Labute approximate surface area is 166 Å². The Morgan fingerprint density at radius 3 is 2.71 bits per heavy atom. The second kappa shape index (κ2) is 7.04. The summed E-state index contributed by atoms with van der Waals surface area (Å²) in [6.07, 6.45) is 4.04. The van der Waals surface area contributed by atoms with Crippen molar-refractivity contribution < 1.29 is 14.3 Å². The van der Waals surface area contributed by atoms with Gasteiger partial charge in [-0.1, -0.05) is 11.6 Å². The van der Waals surface area contributed by atoms with Gasteiger partial charge in [0.25, 0.3) is 0 Å². The zero-order chi connectivity index (χ0) is 20.2. The molecule has 0 amide bonds. The number of rotatable bonds is 5. The lowest BCUT2D eigenvalue weighted by Gasteiger charge is -2.24. The Balaban J connectivity index is 1.89. The number of carbonyl (C=O) groups is 1. The van der Waals surface area contributed by atoms with Gasteiger partial charge in [-0.05, 0) is 45.2 Å². The van der Waals surface area contributed by atoms with Crippen LogP contribution in [-0.4, -0.2) is 41.8 Å². The zero-order valence-electron chi connectivity index (χ0n) is 15.8. The largest absolute Gasteiger partial charge is 0.477 e. The molecule has 6 nitrogen and oxygen atoms in total. The van der Waals surface area contributed by atoms with Gasteiger partial charge in [-0.2, -0.15) is 0 Å². The first-order chi connectivity index (χ1) is 13.3. The molecule has 150 valence electrons.